The first kappa shape index (κ1) is 22.9. The molecule has 1 atom stereocenters. The monoisotopic (exact) mass is 355 g/mol. The normalized spacial score (nSPS) is 19.8. The van der Waals surface area contributed by atoms with Crippen LogP contribution in [0.3, 0.4) is 0 Å². The highest BCUT2D eigenvalue weighted by Crippen LogP contribution is 2.34. The van der Waals surface area contributed by atoms with Crippen LogP contribution >= 0.6 is 0 Å². The van der Waals surface area contributed by atoms with Crippen molar-refractivity contribution in [1.29, 1.82) is 0 Å². The molecule has 0 spiro atoms. The molecule has 1 heterocycles. The molecular weight excluding hydrogens is 310 g/mol. The summed E-state index contributed by atoms with van der Waals surface area (Å²) in [7, 11) is 4.23. The number of rotatable bonds is 16. The van der Waals surface area contributed by atoms with E-state index < -0.39 is 0 Å². The van der Waals surface area contributed by atoms with Crippen LogP contribution < -0.4 is 0 Å². The molecule has 1 unspecified atom stereocenters. The average molecular weight is 356 g/mol. The summed E-state index contributed by atoms with van der Waals surface area (Å²) >= 11 is 0. The summed E-state index contributed by atoms with van der Waals surface area (Å²) in [6, 6.07) is 0. The lowest BCUT2D eigenvalue weighted by Gasteiger charge is -2.29. The molecule has 1 rings (SSSR count). The summed E-state index contributed by atoms with van der Waals surface area (Å²) in [5, 5.41) is 0. The summed E-state index contributed by atoms with van der Waals surface area (Å²) < 4.78 is 12.7. The third-order valence-electron chi connectivity index (χ3n) is 5.30. The first-order chi connectivity index (χ1) is 12.1. The van der Waals surface area contributed by atoms with Crippen molar-refractivity contribution in [1.82, 2.24) is 4.90 Å². The maximum absolute atomic E-state index is 6.45. The predicted octanol–water partition coefficient (Wildman–Crippen LogP) is 6.16. The first-order valence-electron chi connectivity index (χ1n) is 11.1. The number of hydrogen-bond donors (Lipinski definition) is 0. The van der Waals surface area contributed by atoms with Crippen LogP contribution in [0, 0.1) is 0 Å². The van der Waals surface area contributed by atoms with Crippen LogP contribution in [-0.4, -0.2) is 44.0 Å². The lowest BCUT2D eigenvalue weighted by Crippen LogP contribution is -2.33. The van der Waals surface area contributed by atoms with Gasteiger partial charge >= 0.3 is 0 Å². The molecule has 0 bridgehead atoms. The number of nitrogens with zero attached hydrogens (tertiary/aromatic N) is 1. The zero-order valence-electron chi connectivity index (χ0n) is 17.7. The van der Waals surface area contributed by atoms with E-state index in [-0.39, 0.29) is 11.9 Å². The number of ether oxygens (including phenoxy) is 2. The van der Waals surface area contributed by atoms with Crippen LogP contribution in [0.15, 0.2) is 0 Å². The van der Waals surface area contributed by atoms with Gasteiger partial charge in [-0.2, -0.15) is 0 Å². The zero-order valence-corrected chi connectivity index (χ0v) is 17.7. The Morgan fingerprint density at radius 1 is 0.760 bits per heavy atom. The Labute approximate surface area is 157 Å². The van der Waals surface area contributed by atoms with Crippen molar-refractivity contribution in [2.75, 3.05) is 27.2 Å². The van der Waals surface area contributed by atoms with Gasteiger partial charge in [0.25, 0.3) is 0 Å². The van der Waals surface area contributed by atoms with E-state index in [4.69, 9.17) is 9.47 Å². The van der Waals surface area contributed by atoms with Gasteiger partial charge in [0.1, 0.15) is 0 Å². The van der Waals surface area contributed by atoms with Crippen molar-refractivity contribution in [3.8, 4) is 0 Å². The molecule has 0 aromatic rings. The van der Waals surface area contributed by atoms with Gasteiger partial charge in [-0.15, -0.1) is 0 Å². The minimum atomic E-state index is -0.282. The van der Waals surface area contributed by atoms with Crippen LogP contribution in [0.1, 0.15) is 104 Å². The molecule has 0 aliphatic carbocycles. The Kier molecular flexibility index (Phi) is 12.8. The molecule has 0 saturated carbocycles. The number of unbranched alkanes of at least 4 members (excludes halogenated alkanes) is 10. The van der Waals surface area contributed by atoms with Gasteiger partial charge in [0.05, 0.1) is 12.7 Å². The van der Waals surface area contributed by atoms with Crippen LogP contribution in [0.2, 0.25) is 0 Å². The van der Waals surface area contributed by atoms with Gasteiger partial charge in [-0.1, -0.05) is 78.1 Å². The van der Waals surface area contributed by atoms with E-state index >= 15 is 0 Å². The van der Waals surface area contributed by atoms with E-state index in [2.05, 4.69) is 32.8 Å². The molecule has 25 heavy (non-hydrogen) atoms. The van der Waals surface area contributed by atoms with E-state index in [9.17, 15) is 0 Å². The topological polar surface area (TPSA) is 21.7 Å². The molecule has 1 saturated heterocycles. The van der Waals surface area contributed by atoms with E-state index in [1.807, 2.05) is 0 Å². The lowest BCUT2D eigenvalue weighted by atomic mass is 9.99. The maximum atomic E-state index is 6.45. The fraction of sp³-hybridized carbons (Fsp3) is 1.00. The Hall–Kier alpha value is -0.120. The summed E-state index contributed by atoms with van der Waals surface area (Å²) in [6.45, 7) is 6.29. The molecule has 1 aliphatic rings. The second kappa shape index (κ2) is 14.0. The van der Waals surface area contributed by atoms with Crippen LogP contribution in [0.5, 0.6) is 0 Å². The third kappa shape index (κ3) is 10.6. The van der Waals surface area contributed by atoms with Crippen molar-refractivity contribution in [3.05, 3.63) is 0 Å². The molecule has 0 amide bonds. The number of hydrogen-bond acceptors (Lipinski definition) is 3. The summed E-state index contributed by atoms with van der Waals surface area (Å²) in [6.07, 6.45) is 18.4. The third-order valence-corrected chi connectivity index (χ3v) is 5.30. The molecule has 1 fully saturated rings. The summed E-state index contributed by atoms with van der Waals surface area (Å²) in [5.41, 5.74) is 0. The van der Waals surface area contributed by atoms with Crippen LogP contribution in [-0.2, 0) is 9.47 Å². The molecule has 0 aromatic carbocycles. The fourth-order valence-corrected chi connectivity index (χ4v) is 3.85. The fourth-order valence-electron chi connectivity index (χ4n) is 3.85. The Bertz CT molecular complexity index is 290. The standard InChI is InChI=1S/C22H45NO2/c1-5-7-9-11-13-15-17-22(18-16-14-12-10-8-6-2)24-20-21(25-22)19-23(3)4/h21H,5-20H2,1-4H3. The molecule has 0 aromatic heterocycles. The first-order valence-corrected chi connectivity index (χ1v) is 11.1. The average Bonchev–Trinajstić information content (AvgIpc) is 2.96. The van der Waals surface area contributed by atoms with Gasteiger partial charge in [0.2, 0.25) is 0 Å². The largest absolute Gasteiger partial charge is 0.347 e. The maximum Gasteiger partial charge on any atom is 0.168 e. The molecule has 0 N–H and O–H groups in total. The van der Waals surface area contributed by atoms with E-state index in [0.717, 1.165) is 26.0 Å². The number of likely N-dealkylation sites (N-methyl/N-ethyl adjacent to an activating group) is 1. The minimum Gasteiger partial charge on any atom is -0.347 e. The van der Waals surface area contributed by atoms with Crippen molar-refractivity contribution in [2.24, 2.45) is 0 Å². The second-order valence-electron chi connectivity index (χ2n) is 8.26. The quantitative estimate of drug-likeness (QED) is 0.309. The molecule has 3 nitrogen and oxygen atoms in total. The smallest absolute Gasteiger partial charge is 0.168 e. The Balaban J connectivity index is 2.34. The molecule has 0 radical (unpaired) electrons. The van der Waals surface area contributed by atoms with Crippen molar-refractivity contribution >= 4 is 0 Å². The highest BCUT2D eigenvalue weighted by molar-refractivity contribution is 4.80. The van der Waals surface area contributed by atoms with E-state index in [1.165, 1.54) is 77.0 Å². The zero-order chi connectivity index (χ0) is 18.4. The highest BCUT2D eigenvalue weighted by atomic mass is 16.7. The second-order valence-corrected chi connectivity index (χ2v) is 8.26. The van der Waals surface area contributed by atoms with Gasteiger partial charge < -0.3 is 14.4 Å². The molecule has 3 heteroatoms. The van der Waals surface area contributed by atoms with E-state index in [1.54, 1.807) is 0 Å². The molecule has 150 valence electrons. The Morgan fingerprint density at radius 3 is 1.72 bits per heavy atom. The van der Waals surface area contributed by atoms with E-state index in [0.29, 0.717) is 0 Å². The predicted molar refractivity (Wildman–Crippen MR) is 108 cm³/mol. The van der Waals surface area contributed by atoms with Crippen molar-refractivity contribution in [2.45, 2.75) is 116 Å². The minimum absolute atomic E-state index is 0.246. The highest BCUT2D eigenvalue weighted by Gasteiger charge is 2.40. The molecule has 1 aliphatic heterocycles. The van der Waals surface area contributed by atoms with Gasteiger partial charge in [-0.05, 0) is 26.9 Å². The van der Waals surface area contributed by atoms with Gasteiger partial charge in [-0.3, -0.25) is 0 Å². The van der Waals surface area contributed by atoms with Gasteiger partial charge in [-0.25, -0.2) is 0 Å². The SMILES string of the molecule is CCCCCCCCC1(CCCCCCCC)OCC(CN(C)C)O1. The Morgan fingerprint density at radius 2 is 1.24 bits per heavy atom. The summed E-state index contributed by atoms with van der Waals surface area (Å²) in [5.74, 6) is -0.282. The van der Waals surface area contributed by atoms with Gasteiger partial charge in [0.15, 0.2) is 5.79 Å². The summed E-state index contributed by atoms with van der Waals surface area (Å²) in [4.78, 5) is 2.21. The molecular formula is C22H45NO2. The van der Waals surface area contributed by atoms with Crippen molar-refractivity contribution in [3.63, 3.8) is 0 Å². The van der Waals surface area contributed by atoms with Crippen molar-refractivity contribution < 1.29 is 9.47 Å². The van der Waals surface area contributed by atoms with Gasteiger partial charge in [0, 0.05) is 19.4 Å². The van der Waals surface area contributed by atoms with Crippen LogP contribution in [0.4, 0.5) is 0 Å². The lowest BCUT2D eigenvalue weighted by molar-refractivity contribution is -0.180. The van der Waals surface area contributed by atoms with Crippen LogP contribution in [0.25, 0.3) is 0 Å².